The van der Waals surface area contributed by atoms with E-state index in [0.717, 1.165) is 11.1 Å². The summed E-state index contributed by atoms with van der Waals surface area (Å²) in [5.74, 6) is 1.37. The van der Waals surface area contributed by atoms with E-state index >= 15 is 0 Å². The number of hydrogen-bond donors (Lipinski definition) is 0. The molecule has 0 atom stereocenters. The van der Waals surface area contributed by atoms with Crippen molar-refractivity contribution in [1.29, 1.82) is 0 Å². The summed E-state index contributed by atoms with van der Waals surface area (Å²) in [5.41, 5.74) is 2.17. The zero-order chi connectivity index (χ0) is 14.7. The Labute approximate surface area is 117 Å². The Morgan fingerprint density at radius 1 is 0.800 bits per heavy atom. The molecule has 0 saturated carbocycles. The maximum Gasteiger partial charge on any atom is 0.203 e. The van der Waals surface area contributed by atoms with Crippen molar-refractivity contribution in [3.8, 4) is 28.4 Å². The van der Waals surface area contributed by atoms with Crippen molar-refractivity contribution in [3.63, 3.8) is 0 Å². The second-order valence-electron chi connectivity index (χ2n) is 4.38. The molecule has 20 heavy (non-hydrogen) atoms. The molecule has 0 aromatic heterocycles. The van der Waals surface area contributed by atoms with Gasteiger partial charge in [-0.15, -0.1) is 0 Å². The Hall–Kier alpha value is -2.23. The fourth-order valence-electron chi connectivity index (χ4n) is 2.02. The van der Waals surface area contributed by atoms with Crippen LogP contribution in [0.25, 0.3) is 11.1 Å². The average molecular weight is 276 g/mol. The summed E-state index contributed by atoms with van der Waals surface area (Å²) in [5, 5.41) is 0. The molecule has 0 aliphatic heterocycles. The fraction of sp³-hybridized carbons (Fsp3) is 0.250. The van der Waals surface area contributed by atoms with Gasteiger partial charge in [0.15, 0.2) is 11.5 Å². The largest absolute Gasteiger partial charge is 0.493 e. The van der Waals surface area contributed by atoms with Crippen LogP contribution in [0.1, 0.15) is 5.56 Å². The van der Waals surface area contributed by atoms with Crippen LogP contribution in [-0.2, 0) is 0 Å². The van der Waals surface area contributed by atoms with E-state index in [4.69, 9.17) is 14.2 Å². The predicted octanol–water partition coefficient (Wildman–Crippen LogP) is 3.83. The maximum atomic E-state index is 13.7. The molecule has 0 unspecified atom stereocenters. The lowest BCUT2D eigenvalue weighted by Crippen LogP contribution is -1.96. The number of ether oxygens (including phenoxy) is 3. The van der Waals surface area contributed by atoms with Gasteiger partial charge in [-0.2, -0.15) is 0 Å². The van der Waals surface area contributed by atoms with Gasteiger partial charge >= 0.3 is 0 Å². The Balaban J connectivity index is 2.59. The number of halogens is 1. The first kappa shape index (κ1) is 14.2. The highest BCUT2D eigenvalue weighted by Crippen LogP contribution is 2.41. The Kier molecular flexibility index (Phi) is 4.13. The van der Waals surface area contributed by atoms with E-state index in [2.05, 4.69) is 0 Å². The lowest BCUT2D eigenvalue weighted by molar-refractivity contribution is 0.324. The van der Waals surface area contributed by atoms with E-state index in [9.17, 15) is 4.39 Å². The van der Waals surface area contributed by atoms with Gasteiger partial charge in [-0.05, 0) is 41.8 Å². The molecule has 3 nitrogen and oxygen atoms in total. The molecule has 2 aromatic carbocycles. The molecule has 0 amide bonds. The van der Waals surface area contributed by atoms with Crippen LogP contribution in [0, 0.1) is 12.7 Å². The first-order chi connectivity index (χ1) is 9.60. The molecule has 2 rings (SSSR count). The monoisotopic (exact) mass is 276 g/mol. The summed E-state index contributed by atoms with van der Waals surface area (Å²) >= 11 is 0. The molecule has 0 saturated heterocycles. The number of benzene rings is 2. The lowest BCUT2D eigenvalue weighted by Gasteiger charge is -2.14. The SMILES string of the molecule is COc1cc(-c2ccc(C)c(F)c2)cc(OC)c1OC. The zero-order valence-electron chi connectivity index (χ0n) is 12.0. The summed E-state index contributed by atoms with van der Waals surface area (Å²) in [7, 11) is 4.65. The standard InChI is InChI=1S/C16H17FO3/c1-10-5-6-11(7-13(10)17)12-8-14(18-2)16(20-4)15(9-12)19-3/h5-9H,1-4H3. The molecule has 0 bridgehead atoms. The van der Waals surface area contributed by atoms with Gasteiger partial charge in [0.2, 0.25) is 5.75 Å². The Morgan fingerprint density at radius 3 is 1.85 bits per heavy atom. The third-order valence-electron chi connectivity index (χ3n) is 3.17. The van der Waals surface area contributed by atoms with Gasteiger partial charge in [0.05, 0.1) is 21.3 Å². The molecular weight excluding hydrogens is 259 g/mol. The number of hydrogen-bond acceptors (Lipinski definition) is 3. The molecule has 0 N–H and O–H groups in total. The molecule has 4 heteroatoms. The van der Waals surface area contributed by atoms with Crippen LogP contribution in [0.3, 0.4) is 0 Å². The van der Waals surface area contributed by atoms with Gasteiger partial charge in [-0.25, -0.2) is 4.39 Å². The van der Waals surface area contributed by atoms with E-state index in [0.29, 0.717) is 22.8 Å². The van der Waals surface area contributed by atoms with Crippen LogP contribution < -0.4 is 14.2 Å². The minimum absolute atomic E-state index is 0.240. The summed E-state index contributed by atoms with van der Waals surface area (Å²) in [4.78, 5) is 0. The predicted molar refractivity (Wildman–Crippen MR) is 76.2 cm³/mol. The quantitative estimate of drug-likeness (QED) is 0.849. The van der Waals surface area contributed by atoms with Crippen LogP contribution >= 0.6 is 0 Å². The van der Waals surface area contributed by atoms with Gasteiger partial charge in [0.25, 0.3) is 0 Å². The minimum Gasteiger partial charge on any atom is -0.493 e. The topological polar surface area (TPSA) is 27.7 Å². The van der Waals surface area contributed by atoms with Crippen molar-refractivity contribution in [3.05, 3.63) is 41.7 Å². The molecular formula is C16H17FO3. The molecule has 106 valence electrons. The molecule has 0 fully saturated rings. The van der Waals surface area contributed by atoms with Gasteiger partial charge < -0.3 is 14.2 Å². The highest BCUT2D eigenvalue weighted by molar-refractivity contribution is 5.71. The molecule has 0 radical (unpaired) electrons. The Morgan fingerprint density at radius 2 is 1.40 bits per heavy atom. The van der Waals surface area contributed by atoms with Crippen molar-refractivity contribution >= 4 is 0 Å². The van der Waals surface area contributed by atoms with Crippen molar-refractivity contribution in [1.82, 2.24) is 0 Å². The zero-order valence-corrected chi connectivity index (χ0v) is 12.0. The van der Waals surface area contributed by atoms with E-state index in [1.807, 2.05) is 6.07 Å². The second-order valence-corrected chi connectivity index (χ2v) is 4.38. The first-order valence-electron chi connectivity index (χ1n) is 6.17. The van der Waals surface area contributed by atoms with Gasteiger partial charge in [0, 0.05) is 0 Å². The first-order valence-corrected chi connectivity index (χ1v) is 6.17. The van der Waals surface area contributed by atoms with Crippen LogP contribution in [0.15, 0.2) is 30.3 Å². The normalized spacial score (nSPS) is 10.2. The average Bonchev–Trinajstić information content (AvgIpc) is 2.48. The molecule has 0 spiro atoms. The van der Waals surface area contributed by atoms with Crippen LogP contribution in [0.5, 0.6) is 17.2 Å². The second kappa shape index (κ2) is 5.82. The van der Waals surface area contributed by atoms with Crippen molar-refractivity contribution in [2.24, 2.45) is 0 Å². The number of aryl methyl sites for hydroxylation is 1. The highest BCUT2D eigenvalue weighted by Gasteiger charge is 2.14. The molecule has 0 heterocycles. The summed E-state index contributed by atoms with van der Waals surface area (Å²) in [6.07, 6.45) is 0. The number of methoxy groups -OCH3 is 3. The molecule has 2 aromatic rings. The van der Waals surface area contributed by atoms with E-state index in [-0.39, 0.29) is 5.82 Å². The van der Waals surface area contributed by atoms with Crippen LogP contribution in [-0.4, -0.2) is 21.3 Å². The highest BCUT2D eigenvalue weighted by atomic mass is 19.1. The van der Waals surface area contributed by atoms with E-state index < -0.39 is 0 Å². The van der Waals surface area contributed by atoms with E-state index in [1.54, 1.807) is 46.5 Å². The lowest BCUT2D eigenvalue weighted by atomic mass is 10.0. The molecule has 0 aliphatic carbocycles. The Bertz CT molecular complexity index is 598. The molecule has 0 aliphatic rings. The van der Waals surface area contributed by atoms with E-state index in [1.165, 1.54) is 6.07 Å². The van der Waals surface area contributed by atoms with Crippen molar-refractivity contribution < 1.29 is 18.6 Å². The minimum atomic E-state index is -0.240. The third kappa shape index (κ3) is 2.54. The summed E-state index contributed by atoms with van der Waals surface area (Å²) < 4.78 is 29.5. The van der Waals surface area contributed by atoms with Gasteiger partial charge in [0.1, 0.15) is 5.82 Å². The van der Waals surface area contributed by atoms with Gasteiger partial charge in [-0.1, -0.05) is 12.1 Å². The van der Waals surface area contributed by atoms with Crippen LogP contribution in [0.2, 0.25) is 0 Å². The van der Waals surface area contributed by atoms with Gasteiger partial charge in [-0.3, -0.25) is 0 Å². The summed E-state index contributed by atoms with van der Waals surface area (Å²) in [6.45, 7) is 1.73. The fourth-order valence-corrected chi connectivity index (χ4v) is 2.02. The maximum absolute atomic E-state index is 13.7. The van der Waals surface area contributed by atoms with Crippen LogP contribution in [0.4, 0.5) is 4.39 Å². The third-order valence-corrected chi connectivity index (χ3v) is 3.17. The summed E-state index contributed by atoms with van der Waals surface area (Å²) in [6, 6.07) is 8.69. The number of rotatable bonds is 4. The van der Waals surface area contributed by atoms with Crippen molar-refractivity contribution in [2.75, 3.05) is 21.3 Å². The smallest absolute Gasteiger partial charge is 0.203 e. The van der Waals surface area contributed by atoms with Crippen molar-refractivity contribution in [2.45, 2.75) is 6.92 Å².